The van der Waals surface area contributed by atoms with Gasteiger partial charge in [0, 0.05) is 6.04 Å². The Hall–Kier alpha value is 0.270. The van der Waals surface area contributed by atoms with E-state index >= 15 is 0 Å². The molecule has 1 fully saturated rings. The Morgan fingerprint density at radius 2 is 2.29 bits per heavy atom. The lowest BCUT2D eigenvalue weighted by Gasteiger charge is -2.24. The Morgan fingerprint density at radius 3 is 2.93 bits per heavy atom. The highest BCUT2D eigenvalue weighted by molar-refractivity contribution is 7.80. The maximum absolute atomic E-state index is 9.15. The molecule has 3 heteroatoms. The molecule has 1 aliphatic rings. The van der Waals surface area contributed by atoms with Gasteiger partial charge in [-0.3, -0.25) is 4.90 Å². The molecule has 0 radical (unpaired) electrons. The van der Waals surface area contributed by atoms with Crippen molar-refractivity contribution in [1.82, 2.24) is 4.90 Å². The SMILES string of the molecule is CC(CCS)CCN1CCCC1CO. The normalized spacial score (nSPS) is 25.5. The molecule has 1 aliphatic heterocycles. The fourth-order valence-electron chi connectivity index (χ4n) is 2.15. The van der Waals surface area contributed by atoms with E-state index in [4.69, 9.17) is 5.11 Å². The monoisotopic (exact) mass is 217 g/mol. The zero-order valence-corrected chi connectivity index (χ0v) is 10.0. The van der Waals surface area contributed by atoms with Gasteiger partial charge >= 0.3 is 0 Å². The van der Waals surface area contributed by atoms with Gasteiger partial charge in [0.15, 0.2) is 0 Å². The van der Waals surface area contributed by atoms with Gasteiger partial charge < -0.3 is 5.11 Å². The number of rotatable bonds is 6. The van der Waals surface area contributed by atoms with Crippen LogP contribution in [0.3, 0.4) is 0 Å². The smallest absolute Gasteiger partial charge is 0.0586 e. The summed E-state index contributed by atoms with van der Waals surface area (Å²) < 4.78 is 0. The predicted molar refractivity (Wildman–Crippen MR) is 63.9 cm³/mol. The molecule has 2 atom stereocenters. The second-order valence-corrected chi connectivity index (χ2v) is 4.87. The van der Waals surface area contributed by atoms with Crippen LogP contribution >= 0.6 is 12.6 Å². The summed E-state index contributed by atoms with van der Waals surface area (Å²) in [6.45, 7) is 4.96. The van der Waals surface area contributed by atoms with Crippen LogP contribution in [-0.4, -0.2) is 41.5 Å². The average Bonchev–Trinajstić information content (AvgIpc) is 2.62. The first-order valence-electron chi connectivity index (χ1n) is 5.73. The molecular formula is C11H23NOS. The van der Waals surface area contributed by atoms with E-state index in [1.54, 1.807) is 0 Å². The van der Waals surface area contributed by atoms with Crippen LogP contribution in [0.25, 0.3) is 0 Å². The van der Waals surface area contributed by atoms with E-state index in [1.807, 2.05) is 0 Å². The predicted octanol–water partition coefficient (Wildman–Crippen LogP) is 1.79. The largest absolute Gasteiger partial charge is 0.395 e. The number of aliphatic hydroxyl groups excluding tert-OH is 1. The second kappa shape index (κ2) is 6.70. The molecule has 0 bridgehead atoms. The van der Waals surface area contributed by atoms with Crippen LogP contribution in [0.15, 0.2) is 0 Å². The van der Waals surface area contributed by atoms with Gasteiger partial charge in [0.25, 0.3) is 0 Å². The molecule has 2 unspecified atom stereocenters. The Morgan fingerprint density at radius 1 is 1.50 bits per heavy atom. The molecule has 0 saturated carbocycles. The summed E-state index contributed by atoms with van der Waals surface area (Å²) in [6.07, 6.45) is 4.89. The molecule has 1 saturated heterocycles. The number of aliphatic hydroxyl groups is 1. The summed E-state index contributed by atoms with van der Waals surface area (Å²) in [5, 5.41) is 9.15. The van der Waals surface area contributed by atoms with Gasteiger partial charge in [-0.05, 0) is 50.4 Å². The molecule has 1 N–H and O–H groups in total. The number of likely N-dealkylation sites (tertiary alicyclic amines) is 1. The van der Waals surface area contributed by atoms with Crippen LogP contribution < -0.4 is 0 Å². The van der Waals surface area contributed by atoms with E-state index < -0.39 is 0 Å². The molecule has 0 amide bonds. The summed E-state index contributed by atoms with van der Waals surface area (Å²) in [7, 11) is 0. The van der Waals surface area contributed by atoms with Crippen LogP contribution in [-0.2, 0) is 0 Å². The maximum Gasteiger partial charge on any atom is 0.0586 e. The highest BCUT2D eigenvalue weighted by Crippen LogP contribution is 2.18. The summed E-state index contributed by atoms with van der Waals surface area (Å²) >= 11 is 4.25. The molecule has 2 nitrogen and oxygen atoms in total. The summed E-state index contributed by atoms with van der Waals surface area (Å²) in [5.74, 6) is 1.76. The first-order chi connectivity index (χ1) is 6.77. The second-order valence-electron chi connectivity index (χ2n) is 4.42. The van der Waals surface area contributed by atoms with Crippen molar-refractivity contribution >= 4 is 12.6 Å². The molecule has 0 aromatic heterocycles. The highest BCUT2D eigenvalue weighted by atomic mass is 32.1. The van der Waals surface area contributed by atoms with Crippen LogP contribution in [0.2, 0.25) is 0 Å². The number of nitrogens with zero attached hydrogens (tertiary/aromatic N) is 1. The standard InChI is InChI=1S/C11H23NOS/c1-10(5-8-14)4-7-12-6-2-3-11(12)9-13/h10-11,13-14H,2-9H2,1H3. The van der Waals surface area contributed by atoms with Gasteiger partial charge in [0.2, 0.25) is 0 Å². The van der Waals surface area contributed by atoms with Crippen LogP contribution in [0.4, 0.5) is 0 Å². The van der Waals surface area contributed by atoms with Crippen molar-refractivity contribution in [3.05, 3.63) is 0 Å². The Bertz CT molecular complexity index is 154. The molecule has 0 aliphatic carbocycles. The van der Waals surface area contributed by atoms with E-state index in [0.29, 0.717) is 12.6 Å². The van der Waals surface area contributed by atoms with Crippen LogP contribution in [0, 0.1) is 5.92 Å². The van der Waals surface area contributed by atoms with Gasteiger partial charge in [-0.25, -0.2) is 0 Å². The molecule has 1 rings (SSSR count). The third kappa shape index (κ3) is 3.79. The van der Waals surface area contributed by atoms with E-state index in [2.05, 4.69) is 24.5 Å². The van der Waals surface area contributed by atoms with E-state index in [0.717, 1.165) is 18.2 Å². The summed E-state index contributed by atoms with van der Waals surface area (Å²) in [4.78, 5) is 2.44. The number of hydrogen-bond donors (Lipinski definition) is 2. The molecule has 14 heavy (non-hydrogen) atoms. The van der Waals surface area contributed by atoms with E-state index in [9.17, 15) is 0 Å². The molecule has 0 aromatic carbocycles. The van der Waals surface area contributed by atoms with Crippen molar-refractivity contribution in [3.63, 3.8) is 0 Å². The molecule has 1 heterocycles. The first-order valence-corrected chi connectivity index (χ1v) is 6.37. The van der Waals surface area contributed by atoms with Gasteiger partial charge in [-0.1, -0.05) is 6.92 Å². The minimum absolute atomic E-state index is 0.334. The van der Waals surface area contributed by atoms with Gasteiger partial charge in [0.05, 0.1) is 6.61 Å². The summed E-state index contributed by atoms with van der Waals surface area (Å²) in [5.41, 5.74) is 0. The van der Waals surface area contributed by atoms with Gasteiger partial charge in [0.1, 0.15) is 0 Å². The minimum atomic E-state index is 0.334. The van der Waals surface area contributed by atoms with Gasteiger partial charge in [-0.15, -0.1) is 0 Å². The third-order valence-electron chi connectivity index (χ3n) is 3.24. The van der Waals surface area contributed by atoms with E-state index in [1.165, 1.54) is 32.2 Å². The first kappa shape index (κ1) is 12.3. The fourth-order valence-corrected chi connectivity index (χ4v) is 2.59. The minimum Gasteiger partial charge on any atom is -0.395 e. The van der Waals surface area contributed by atoms with Crippen molar-refractivity contribution < 1.29 is 5.11 Å². The Balaban J connectivity index is 2.16. The van der Waals surface area contributed by atoms with Crippen molar-refractivity contribution in [2.75, 3.05) is 25.4 Å². The van der Waals surface area contributed by atoms with Crippen molar-refractivity contribution in [1.29, 1.82) is 0 Å². The number of thiol groups is 1. The molecular weight excluding hydrogens is 194 g/mol. The number of hydrogen-bond acceptors (Lipinski definition) is 3. The van der Waals surface area contributed by atoms with Crippen LogP contribution in [0.1, 0.15) is 32.6 Å². The lowest BCUT2D eigenvalue weighted by Crippen LogP contribution is -2.33. The van der Waals surface area contributed by atoms with Crippen molar-refractivity contribution in [3.8, 4) is 0 Å². The van der Waals surface area contributed by atoms with Gasteiger partial charge in [-0.2, -0.15) is 12.6 Å². The summed E-state index contributed by atoms with van der Waals surface area (Å²) in [6, 6.07) is 0.443. The maximum atomic E-state index is 9.15. The zero-order valence-electron chi connectivity index (χ0n) is 9.15. The molecule has 84 valence electrons. The zero-order chi connectivity index (χ0) is 10.4. The van der Waals surface area contributed by atoms with E-state index in [-0.39, 0.29) is 0 Å². The highest BCUT2D eigenvalue weighted by Gasteiger charge is 2.23. The quantitative estimate of drug-likeness (QED) is 0.663. The topological polar surface area (TPSA) is 23.5 Å². The van der Waals surface area contributed by atoms with Crippen molar-refractivity contribution in [2.24, 2.45) is 5.92 Å². The molecule has 0 spiro atoms. The molecule has 0 aromatic rings. The Kier molecular flexibility index (Phi) is 5.90. The lowest BCUT2D eigenvalue weighted by molar-refractivity contribution is 0.152. The van der Waals surface area contributed by atoms with Crippen molar-refractivity contribution in [2.45, 2.75) is 38.6 Å². The fraction of sp³-hybridized carbons (Fsp3) is 1.00. The van der Waals surface area contributed by atoms with Crippen LogP contribution in [0.5, 0.6) is 0 Å². The lowest BCUT2D eigenvalue weighted by atomic mass is 10.0. The average molecular weight is 217 g/mol. The Labute approximate surface area is 93.1 Å². The third-order valence-corrected chi connectivity index (χ3v) is 3.50.